The Morgan fingerprint density at radius 1 is 1.29 bits per heavy atom. The van der Waals surface area contributed by atoms with Gasteiger partial charge >= 0.3 is 6.09 Å². The first-order chi connectivity index (χ1) is 6.45. The normalized spacial score (nSPS) is 11.1. The topological polar surface area (TPSA) is 47.6 Å². The third-order valence-corrected chi connectivity index (χ3v) is 1.40. The summed E-state index contributed by atoms with van der Waals surface area (Å²) in [5.74, 6) is 0. The fourth-order valence-electron chi connectivity index (χ4n) is 0.833. The molecule has 0 atom stereocenters. The van der Waals surface area contributed by atoms with Gasteiger partial charge in [0, 0.05) is 0 Å². The summed E-state index contributed by atoms with van der Waals surface area (Å²) in [5.41, 5.74) is 1.76. The summed E-state index contributed by atoms with van der Waals surface area (Å²) in [6.45, 7) is 8.07. The number of rotatable bonds is 5. The molecule has 0 aliphatic heterocycles. The van der Waals surface area contributed by atoms with E-state index in [1.807, 2.05) is 20.8 Å². The fraction of sp³-hybridized carbons (Fsp3) is 0.900. The summed E-state index contributed by atoms with van der Waals surface area (Å²) in [5, 5.41) is 0. The molecule has 4 nitrogen and oxygen atoms in total. The molecule has 14 heavy (non-hydrogen) atoms. The van der Waals surface area contributed by atoms with E-state index in [2.05, 4.69) is 12.4 Å². The SMILES string of the molecule is CCCCCONC(=O)OC(C)(C)C. The van der Waals surface area contributed by atoms with E-state index in [0.29, 0.717) is 6.61 Å². The van der Waals surface area contributed by atoms with Crippen LogP contribution in [-0.4, -0.2) is 18.3 Å². The van der Waals surface area contributed by atoms with Crippen molar-refractivity contribution in [3.05, 3.63) is 0 Å². The molecule has 0 unspecified atom stereocenters. The highest BCUT2D eigenvalue weighted by Gasteiger charge is 2.15. The molecule has 1 N–H and O–H groups in total. The minimum absolute atomic E-state index is 0.475. The van der Waals surface area contributed by atoms with E-state index in [0.717, 1.165) is 19.3 Å². The van der Waals surface area contributed by atoms with E-state index in [1.54, 1.807) is 0 Å². The molecule has 0 bridgehead atoms. The van der Waals surface area contributed by atoms with Crippen LogP contribution in [0.25, 0.3) is 0 Å². The number of unbranched alkanes of at least 4 members (excludes halogenated alkanes) is 2. The summed E-state index contributed by atoms with van der Waals surface area (Å²) in [7, 11) is 0. The summed E-state index contributed by atoms with van der Waals surface area (Å²) in [6.07, 6.45) is 2.66. The van der Waals surface area contributed by atoms with Gasteiger partial charge in [-0.05, 0) is 27.2 Å². The zero-order valence-electron chi connectivity index (χ0n) is 9.55. The van der Waals surface area contributed by atoms with E-state index in [-0.39, 0.29) is 0 Å². The molecular weight excluding hydrogens is 182 g/mol. The van der Waals surface area contributed by atoms with Gasteiger partial charge in [0.25, 0.3) is 0 Å². The Labute approximate surface area is 85.9 Å². The number of carbonyl (C=O) groups is 1. The molecule has 0 saturated heterocycles. The molecular formula is C10H21NO3. The van der Waals surface area contributed by atoms with E-state index in [1.165, 1.54) is 0 Å². The second kappa shape index (κ2) is 6.65. The Kier molecular flexibility index (Phi) is 6.28. The van der Waals surface area contributed by atoms with Gasteiger partial charge in [0.1, 0.15) is 5.60 Å². The summed E-state index contributed by atoms with van der Waals surface area (Å²) in [6, 6.07) is 0. The second-order valence-electron chi connectivity index (χ2n) is 4.16. The maximum atomic E-state index is 11.0. The molecule has 0 aromatic rings. The van der Waals surface area contributed by atoms with Gasteiger partial charge in [0.15, 0.2) is 0 Å². The second-order valence-corrected chi connectivity index (χ2v) is 4.16. The molecule has 4 heteroatoms. The molecule has 0 aromatic heterocycles. The van der Waals surface area contributed by atoms with E-state index < -0.39 is 11.7 Å². The van der Waals surface area contributed by atoms with Gasteiger partial charge < -0.3 is 4.74 Å². The van der Waals surface area contributed by atoms with Crippen LogP contribution in [-0.2, 0) is 9.57 Å². The Hall–Kier alpha value is -0.770. The van der Waals surface area contributed by atoms with Crippen LogP contribution in [0, 0.1) is 0 Å². The lowest BCUT2D eigenvalue weighted by Gasteiger charge is -2.19. The van der Waals surface area contributed by atoms with Gasteiger partial charge in [0.05, 0.1) is 6.61 Å². The van der Waals surface area contributed by atoms with Gasteiger partial charge in [-0.2, -0.15) is 5.48 Å². The average Bonchev–Trinajstić information content (AvgIpc) is 2.00. The molecule has 0 saturated carbocycles. The van der Waals surface area contributed by atoms with Gasteiger partial charge in [-0.3, -0.25) is 4.84 Å². The smallest absolute Gasteiger partial charge is 0.431 e. The standard InChI is InChI=1S/C10H21NO3/c1-5-6-7-8-13-11-9(12)14-10(2,3)4/h5-8H2,1-4H3,(H,11,12). The van der Waals surface area contributed by atoms with Crippen LogP contribution in [0.2, 0.25) is 0 Å². The molecule has 0 aliphatic carbocycles. The summed E-state index contributed by atoms with van der Waals surface area (Å²) >= 11 is 0. The Bertz CT molecular complexity index is 163. The maximum Gasteiger partial charge on any atom is 0.431 e. The van der Waals surface area contributed by atoms with Crippen molar-refractivity contribution in [1.82, 2.24) is 5.48 Å². The van der Waals surface area contributed by atoms with E-state index in [9.17, 15) is 4.79 Å². The zero-order chi connectivity index (χ0) is 11.0. The number of carbonyl (C=O) groups excluding carboxylic acids is 1. The lowest BCUT2D eigenvalue weighted by Crippen LogP contribution is -2.32. The number of hydrogen-bond donors (Lipinski definition) is 1. The molecule has 0 spiro atoms. The van der Waals surface area contributed by atoms with Gasteiger partial charge in [0.2, 0.25) is 0 Å². The summed E-state index contributed by atoms with van der Waals surface area (Å²) in [4.78, 5) is 16.0. The molecule has 1 amide bonds. The number of hydrogen-bond acceptors (Lipinski definition) is 3. The number of amides is 1. The van der Waals surface area contributed by atoms with Crippen LogP contribution in [0.5, 0.6) is 0 Å². The van der Waals surface area contributed by atoms with Crippen LogP contribution in [0.3, 0.4) is 0 Å². The number of nitrogens with one attached hydrogen (secondary N) is 1. The van der Waals surface area contributed by atoms with Crippen LogP contribution < -0.4 is 5.48 Å². The predicted molar refractivity (Wildman–Crippen MR) is 54.8 cm³/mol. The highest BCUT2D eigenvalue weighted by molar-refractivity contribution is 5.66. The summed E-state index contributed by atoms with van der Waals surface area (Å²) < 4.78 is 4.97. The molecule has 0 heterocycles. The van der Waals surface area contributed by atoms with Crippen LogP contribution in [0.15, 0.2) is 0 Å². The predicted octanol–water partition coefficient (Wildman–Crippen LogP) is 2.63. The van der Waals surface area contributed by atoms with E-state index in [4.69, 9.17) is 9.57 Å². The fourth-order valence-corrected chi connectivity index (χ4v) is 0.833. The van der Waals surface area contributed by atoms with Crippen molar-refractivity contribution >= 4 is 6.09 Å². The lowest BCUT2D eigenvalue weighted by molar-refractivity contribution is -0.00853. The van der Waals surface area contributed by atoms with Crippen molar-refractivity contribution in [3.8, 4) is 0 Å². The van der Waals surface area contributed by atoms with Crippen LogP contribution in [0.1, 0.15) is 47.0 Å². The van der Waals surface area contributed by atoms with Crippen LogP contribution in [0.4, 0.5) is 4.79 Å². The molecule has 0 radical (unpaired) electrons. The number of hydroxylamine groups is 1. The van der Waals surface area contributed by atoms with Crippen molar-refractivity contribution in [2.75, 3.05) is 6.61 Å². The molecule has 0 rings (SSSR count). The minimum atomic E-state index is -0.533. The molecule has 0 aromatic carbocycles. The maximum absolute atomic E-state index is 11.0. The third kappa shape index (κ3) is 9.32. The Balaban J connectivity index is 3.36. The first-order valence-electron chi connectivity index (χ1n) is 5.06. The molecule has 0 fully saturated rings. The monoisotopic (exact) mass is 203 g/mol. The first kappa shape index (κ1) is 13.2. The zero-order valence-corrected chi connectivity index (χ0v) is 9.55. The third-order valence-electron chi connectivity index (χ3n) is 1.40. The van der Waals surface area contributed by atoms with Crippen molar-refractivity contribution in [3.63, 3.8) is 0 Å². The average molecular weight is 203 g/mol. The van der Waals surface area contributed by atoms with Crippen molar-refractivity contribution in [1.29, 1.82) is 0 Å². The Morgan fingerprint density at radius 2 is 1.93 bits per heavy atom. The quantitative estimate of drug-likeness (QED) is 0.552. The minimum Gasteiger partial charge on any atom is -0.442 e. The molecule has 0 aliphatic rings. The highest BCUT2D eigenvalue weighted by atomic mass is 16.7. The largest absolute Gasteiger partial charge is 0.442 e. The van der Waals surface area contributed by atoms with E-state index >= 15 is 0 Å². The number of ether oxygens (including phenoxy) is 1. The van der Waals surface area contributed by atoms with Gasteiger partial charge in [-0.25, -0.2) is 4.79 Å². The van der Waals surface area contributed by atoms with Crippen LogP contribution >= 0.6 is 0 Å². The van der Waals surface area contributed by atoms with Gasteiger partial charge in [-0.1, -0.05) is 19.8 Å². The van der Waals surface area contributed by atoms with Crippen molar-refractivity contribution in [2.24, 2.45) is 0 Å². The highest BCUT2D eigenvalue weighted by Crippen LogP contribution is 2.06. The lowest BCUT2D eigenvalue weighted by atomic mass is 10.2. The molecule has 84 valence electrons. The first-order valence-corrected chi connectivity index (χ1v) is 5.06. The Morgan fingerprint density at radius 3 is 2.43 bits per heavy atom. The van der Waals surface area contributed by atoms with Crippen molar-refractivity contribution < 1.29 is 14.4 Å². The van der Waals surface area contributed by atoms with Crippen molar-refractivity contribution in [2.45, 2.75) is 52.6 Å². The van der Waals surface area contributed by atoms with Gasteiger partial charge in [-0.15, -0.1) is 0 Å².